The summed E-state index contributed by atoms with van der Waals surface area (Å²) in [5, 5.41) is 0. The van der Waals surface area contributed by atoms with Gasteiger partial charge >= 0.3 is 0 Å². The Labute approximate surface area is 151 Å². The van der Waals surface area contributed by atoms with Crippen LogP contribution in [0.4, 0.5) is 0 Å². The summed E-state index contributed by atoms with van der Waals surface area (Å²) in [6.07, 6.45) is 0. The van der Waals surface area contributed by atoms with Crippen molar-refractivity contribution in [3.63, 3.8) is 0 Å². The highest BCUT2D eigenvalue weighted by Gasteiger charge is 2.30. The van der Waals surface area contributed by atoms with Crippen molar-refractivity contribution in [3.05, 3.63) is 71.8 Å². The molecule has 0 aromatic heterocycles. The topological polar surface area (TPSA) is 23.6 Å². The van der Waals surface area contributed by atoms with Gasteiger partial charge in [0.25, 0.3) is 0 Å². The van der Waals surface area contributed by atoms with E-state index in [1.165, 1.54) is 5.56 Å². The molecule has 1 aliphatic rings. The third kappa shape index (κ3) is 4.49. The number of piperazine rings is 1. The van der Waals surface area contributed by atoms with Gasteiger partial charge in [0.15, 0.2) is 0 Å². The molecule has 0 bridgehead atoms. The lowest BCUT2D eigenvalue weighted by atomic mass is 9.87. The molecule has 1 heterocycles. The van der Waals surface area contributed by atoms with E-state index in [0.29, 0.717) is 5.92 Å². The fraction of sp³-hybridized carbons (Fsp3) is 0.409. The van der Waals surface area contributed by atoms with Crippen molar-refractivity contribution in [1.82, 2.24) is 9.80 Å². The Kier molecular flexibility index (Phi) is 5.87. The molecule has 0 aliphatic carbocycles. The molecule has 1 saturated heterocycles. The minimum Gasteiger partial charge on any atom is -0.340 e. The molecule has 0 N–H and O–H groups in total. The first-order valence-corrected chi connectivity index (χ1v) is 9.25. The summed E-state index contributed by atoms with van der Waals surface area (Å²) in [7, 11) is 0. The summed E-state index contributed by atoms with van der Waals surface area (Å²) in [4.78, 5) is 17.6. The second kappa shape index (κ2) is 8.30. The maximum absolute atomic E-state index is 13.1. The van der Waals surface area contributed by atoms with Crippen LogP contribution in [0.1, 0.15) is 30.9 Å². The van der Waals surface area contributed by atoms with Gasteiger partial charge in [-0.15, -0.1) is 0 Å². The molecule has 0 saturated carbocycles. The largest absolute Gasteiger partial charge is 0.340 e. The molecule has 1 amide bonds. The fourth-order valence-electron chi connectivity index (χ4n) is 3.64. The Morgan fingerprint density at radius 1 is 0.880 bits per heavy atom. The number of rotatable bonds is 5. The van der Waals surface area contributed by atoms with Crippen molar-refractivity contribution in [2.45, 2.75) is 26.3 Å². The van der Waals surface area contributed by atoms with Crippen LogP contribution in [0.2, 0.25) is 0 Å². The van der Waals surface area contributed by atoms with E-state index < -0.39 is 0 Å². The summed E-state index contributed by atoms with van der Waals surface area (Å²) in [5.41, 5.74) is 2.47. The van der Waals surface area contributed by atoms with Crippen molar-refractivity contribution in [2.24, 2.45) is 5.92 Å². The second-order valence-electron chi connectivity index (χ2n) is 7.22. The Balaban J connectivity index is 1.60. The minimum atomic E-state index is -0.0399. The Morgan fingerprint density at radius 2 is 1.44 bits per heavy atom. The van der Waals surface area contributed by atoms with Gasteiger partial charge in [0, 0.05) is 32.7 Å². The molecule has 1 aliphatic heterocycles. The summed E-state index contributed by atoms with van der Waals surface area (Å²) >= 11 is 0. The van der Waals surface area contributed by atoms with Crippen molar-refractivity contribution in [1.29, 1.82) is 0 Å². The third-order valence-electron chi connectivity index (χ3n) is 5.02. The molecular weight excluding hydrogens is 308 g/mol. The molecule has 3 heteroatoms. The molecular formula is C22H28N2O. The van der Waals surface area contributed by atoms with E-state index in [1.54, 1.807) is 0 Å². The maximum Gasteiger partial charge on any atom is 0.230 e. The summed E-state index contributed by atoms with van der Waals surface area (Å²) in [6, 6.07) is 20.8. The number of carbonyl (C=O) groups is 1. The number of nitrogens with zero attached hydrogens (tertiary/aromatic N) is 2. The Bertz CT molecular complexity index is 661. The average Bonchev–Trinajstić information content (AvgIpc) is 2.64. The van der Waals surface area contributed by atoms with E-state index in [-0.39, 0.29) is 11.8 Å². The molecule has 3 nitrogen and oxygen atoms in total. The first-order valence-electron chi connectivity index (χ1n) is 9.25. The van der Waals surface area contributed by atoms with Gasteiger partial charge in [-0.2, -0.15) is 0 Å². The Hall–Kier alpha value is -2.13. The molecule has 3 rings (SSSR count). The van der Waals surface area contributed by atoms with Crippen molar-refractivity contribution < 1.29 is 4.79 Å². The molecule has 1 fully saturated rings. The second-order valence-corrected chi connectivity index (χ2v) is 7.22. The van der Waals surface area contributed by atoms with Gasteiger partial charge in [0.1, 0.15) is 0 Å². The lowest BCUT2D eigenvalue weighted by Gasteiger charge is -2.37. The highest BCUT2D eigenvalue weighted by Crippen LogP contribution is 2.27. The predicted octanol–water partition coefficient (Wildman–Crippen LogP) is 3.77. The van der Waals surface area contributed by atoms with Crippen LogP contribution in [0, 0.1) is 5.92 Å². The van der Waals surface area contributed by atoms with Crippen LogP contribution in [0.3, 0.4) is 0 Å². The van der Waals surface area contributed by atoms with Crippen molar-refractivity contribution in [3.8, 4) is 0 Å². The zero-order valence-electron chi connectivity index (χ0n) is 15.3. The average molecular weight is 336 g/mol. The maximum atomic E-state index is 13.1. The van der Waals surface area contributed by atoms with Crippen molar-refractivity contribution >= 4 is 5.91 Å². The molecule has 0 unspecified atom stereocenters. The zero-order valence-corrected chi connectivity index (χ0v) is 15.3. The van der Waals surface area contributed by atoms with Crippen LogP contribution >= 0.6 is 0 Å². The monoisotopic (exact) mass is 336 g/mol. The highest BCUT2D eigenvalue weighted by molar-refractivity contribution is 5.84. The smallest absolute Gasteiger partial charge is 0.230 e. The number of carbonyl (C=O) groups excluding carboxylic acids is 1. The zero-order chi connectivity index (χ0) is 17.6. The summed E-state index contributed by atoms with van der Waals surface area (Å²) in [6.45, 7) is 8.78. The number of benzene rings is 2. The molecule has 132 valence electrons. The lowest BCUT2D eigenvalue weighted by molar-refractivity contribution is -0.135. The minimum absolute atomic E-state index is 0.0399. The number of amides is 1. The fourth-order valence-corrected chi connectivity index (χ4v) is 3.64. The molecule has 0 spiro atoms. The molecule has 2 aromatic rings. The van der Waals surface area contributed by atoms with Gasteiger partial charge in [-0.3, -0.25) is 9.69 Å². The predicted molar refractivity (Wildman–Crippen MR) is 102 cm³/mol. The standard InChI is InChI=1S/C22H28N2O/c1-18(2)21(20-11-7-4-8-12-20)22(25)24-15-13-23(14-16-24)17-19-9-5-3-6-10-19/h3-12,18,21H,13-17H2,1-2H3/t21-/m0/s1. The van der Waals surface area contributed by atoms with E-state index in [0.717, 1.165) is 38.3 Å². The Morgan fingerprint density at radius 3 is 2.00 bits per heavy atom. The van der Waals surface area contributed by atoms with E-state index in [4.69, 9.17) is 0 Å². The normalized spacial score (nSPS) is 16.8. The van der Waals surface area contributed by atoms with Crippen LogP contribution in [0.5, 0.6) is 0 Å². The van der Waals surface area contributed by atoms with Gasteiger partial charge in [0.2, 0.25) is 5.91 Å². The quantitative estimate of drug-likeness (QED) is 0.830. The summed E-state index contributed by atoms with van der Waals surface area (Å²) in [5.74, 6) is 0.541. The number of hydrogen-bond acceptors (Lipinski definition) is 2. The van der Waals surface area contributed by atoms with E-state index in [1.807, 2.05) is 18.2 Å². The molecule has 0 radical (unpaired) electrons. The van der Waals surface area contributed by atoms with Crippen molar-refractivity contribution in [2.75, 3.05) is 26.2 Å². The van der Waals surface area contributed by atoms with Gasteiger partial charge in [0.05, 0.1) is 5.92 Å². The van der Waals surface area contributed by atoms with Crippen LogP contribution in [0.25, 0.3) is 0 Å². The first kappa shape index (κ1) is 17.7. The lowest BCUT2D eigenvalue weighted by Crippen LogP contribution is -2.50. The van der Waals surface area contributed by atoms with Crippen LogP contribution in [-0.2, 0) is 11.3 Å². The first-order chi connectivity index (χ1) is 12.1. The SMILES string of the molecule is CC(C)[C@H](C(=O)N1CCN(Cc2ccccc2)CC1)c1ccccc1. The number of hydrogen-bond donors (Lipinski definition) is 0. The summed E-state index contributed by atoms with van der Waals surface area (Å²) < 4.78 is 0. The van der Waals surface area contributed by atoms with Crippen LogP contribution in [0.15, 0.2) is 60.7 Å². The molecule has 2 aromatic carbocycles. The van der Waals surface area contributed by atoms with E-state index in [2.05, 4.69) is 66.1 Å². The van der Waals surface area contributed by atoms with Gasteiger partial charge in [-0.25, -0.2) is 0 Å². The van der Waals surface area contributed by atoms with Crippen LogP contribution in [-0.4, -0.2) is 41.9 Å². The van der Waals surface area contributed by atoms with Gasteiger partial charge in [-0.1, -0.05) is 74.5 Å². The molecule has 25 heavy (non-hydrogen) atoms. The van der Waals surface area contributed by atoms with E-state index in [9.17, 15) is 4.79 Å². The molecule has 1 atom stereocenters. The van der Waals surface area contributed by atoms with Gasteiger partial charge < -0.3 is 4.90 Å². The highest BCUT2D eigenvalue weighted by atomic mass is 16.2. The van der Waals surface area contributed by atoms with Gasteiger partial charge in [-0.05, 0) is 17.0 Å². The third-order valence-corrected chi connectivity index (χ3v) is 5.02. The van der Waals surface area contributed by atoms with Crippen LogP contribution < -0.4 is 0 Å². The van der Waals surface area contributed by atoms with E-state index >= 15 is 0 Å².